The standard InChI is InChI=1S/C17H20Cl2N2/c1-4-8-20-16(14-7-5-6-11(2)12(14)3)17-15(19)9-13(18)10-21-17/h5-7,9-10,16,20H,4,8H2,1-3H3. The molecule has 0 fully saturated rings. The van der Waals surface area contributed by atoms with Gasteiger partial charge >= 0.3 is 0 Å². The summed E-state index contributed by atoms with van der Waals surface area (Å²) in [5, 5.41) is 4.69. The van der Waals surface area contributed by atoms with Crippen LogP contribution in [-0.4, -0.2) is 11.5 Å². The third kappa shape index (κ3) is 3.76. The number of rotatable bonds is 5. The molecular formula is C17H20Cl2N2. The van der Waals surface area contributed by atoms with Crippen LogP contribution in [0.5, 0.6) is 0 Å². The Morgan fingerprint density at radius 3 is 2.67 bits per heavy atom. The van der Waals surface area contributed by atoms with Gasteiger partial charge in [-0.3, -0.25) is 4.98 Å². The van der Waals surface area contributed by atoms with Gasteiger partial charge in [-0.25, -0.2) is 0 Å². The maximum absolute atomic E-state index is 6.36. The lowest BCUT2D eigenvalue weighted by Gasteiger charge is -2.22. The third-order valence-corrected chi connectivity index (χ3v) is 4.18. The Kier molecular flexibility index (Phi) is 5.63. The molecule has 1 atom stereocenters. The molecule has 0 saturated carbocycles. The van der Waals surface area contributed by atoms with E-state index in [1.807, 2.05) is 0 Å². The lowest BCUT2D eigenvalue weighted by atomic mass is 9.95. The number of nitrogens with zero attached hydrogens (tertiary/aromatic N) is 1. The number of aromatic nitrogens is 1. The lowest BCUT2D eigenvalue weighted by Crippen LogP contribution is -2.25. The average molecular weight is 323 g/mol. The second-order valence-electron chi connectivity index (χ2n) is 5.20. The minimum atomic E-state index is -0.0189. The molecule has 0 aliphatic rings. The van der Waals surface area contributed by atoms with Crippen molar-refractivity contribution in [1.29, 1.82) is 0 Å². The van der Waals surface area contributed by atoms with Gasteiger partial charge in [0.15, 0.2) is 0 Å². The summed E-state index contributed by atoms with van der Waals surface area (Å²) in [7, 11) is 0. The van der Waals surface area contributed by atoms with Crippen molar-refractivity contribution in [3.8, 4) is 0 Å². The van der Waals surface area contributed by atoms with Crippen LogP contribution >= 0.6 is 23.2 Å². The molecule has 0 amide bonds. The number of hydrogen-bond acceptors (Lipinski definition) is 2. The van der Waals surface area contributed by atoms with Crippen molar-refractivity contribution < 1.29 is 0 Å². The zero-order valence-corrected chi connectivity index (χ0v) is 14.1. The molecule has 1 heterocycles. The van der Waals surface area contributed by atoms with Crippen LogP contribution in [-0.2, 0) is 0 Å². The fraction of sp³-hybridized carbons (Fsp3) is 0.353. The van der Waals surface area contributed by atoms with Crippen LogP contribution < -0.4 is 5.32 Å². The van der Waals surface area contributed by atoms with E-state index in [2.05, 4.69) is 49.3 Å². The van der Waals surface area contributed by atoms with Gasteiger partial charge in [-0.1, -0.05) is 48.3 Å². The van der Waals surface area contributed by atoms with Crippen molar-refractivity contribution in [3.63, 3.8) is 0 Å². The van der Waals surface area contributed by atoms with E-state index in [0.29, 0.717) is 10.0 Å². The summed E-state index contributed by atoms with van der Waals surface area (Å²) in [5.41, 5.74) is 4.56. The Bertz CT molecular complexity index is 626. The first-order valence-corrected chi connectivity index (χ1v) is 7.90. The van der Waals surface area contributed by atoms with Gasteiger partial charge in [-0.2, -0.15) is 0 Å². The van der Waals surface area contributed by atoms with Crippen molar-refractivity contribution in [1.82, 2.24) is 10.3 Å². The van der Waals surface area contributed by atoms with Gasteiger partial charge in [0.2, 0.25) is 0 Å². The molecule has 0 aliphatic heterocycles. The van der Waals surface area contributed by atoms with Gasteiger partial charge < -0.3 is 5.32 Å². The molecule has 0 aliphatic carbocycles. The van der Waals surface area contributed by atoms with E-state index in [1.54, 1.807) is 12.3 Å². The van der Waals surface area contributed by atoms with E-state index in [-0.39, 0.29) is 6.04 Å². The zero-order valence-electron chi connectivity index (χ0n) is 12.6. The summed E-state index contributed by atoms with van der Waals surface area (Å²) >= 11 is 12.3. The number of pyridine rings is 1. The van der Waals surface area contributed by atoms with Crippen molar-refractivity contribution >= 4 is 23.2 Å². The van der Waals surface area contributed by atoms with E-state index < -0.39 is 0 Å². The first kappa shape index (κ1) is 16.3. The second-order valence-corrected chi connectivity index (χ2v) is 6.04. The molecule has 0 bridgehead atoms. The van der Waals surface area contributed by atoms with Gasteiger partial charge in [-0.05, 0) is 49.6 Å². The van der Waals surface area contributed by atoms with Crippen LogP contribution in [0.1, 0.15) is 41.8 Å². The molecule has 2 nitrogen and oxygen atoms in total. The number of halogens is 2. The number of benzene rings is 1. The van der Waals surface area contributed by atoms with Crippen LogP contribution in [0, 0.1) is 13.8 Å². The van der Waals surface area contributed by atoms with Crippen LogP contribution in [0.15, 0.2) is 30.5 Å². The summed E-state index contributed by atoms with van der Waals surface area (Å²) in [6.07, 6.45) is 2.70. The summed E-state index contributed by atoms with van der Waals surface area (Å²) < 4.78 is 0. The minimum Gasteiger partial charge on any atom is -0.305 e. The van der Waals surface area contributed by atoms with E-state index in [4.69, 9.17) is 23.2 Å². The van der Waals surface area contributed by atoms with Gasteiger partial charge in [0.1, 0.15) is 0 Å². The quantitative estimate of drug-likeness (QED) is 0.828. The molecule has 1 aromatic carbocycles. The first-order chi connectivity index (χ1) is 10.0. The van der Waals surface area contributed by atoms with Gasteiger partial charge in [0.05, 0.1) is 21.8 Å². The molecule has 4 heteroatoms. The van der Waals surface area contributed by atoms with Crippen LogP contribution in [0.4, 0.5) is 0 Å². The number of aryl methyl sites for hydroxylation is 1. The fourth-order valence-corrected chi connectivity index (χ4v) is 2.86. The lowest BCUT2D eigenvalue weighted by molar-refractivity contribution is 0.584. The predicted molar refractivity (Wildman–Crippen MR) is 90.3 cm³/mol. The molecule has 112 valence electrons. The Balaban J connectivity index is 2.49. The second kappa shape index (κ2) is 7.26. The Morgan fingerprint density at radius 1 is 1.24 bits per heavy atom. The number of hydrogen-bond donors (Lipinski definition) is 1. The topological polar surface area (TPSA) is 24.9 Å². The van der Waals surface area contributed by atoms with E-state index in [1.165, 1.54) is 16.7 Å². The molecule has 0 radical (unpaired) electrons. The molecule has 1 unspecified atom stereocenters. The maximum Gasteiger partial charge on any atom is 0.0805 e. The van der Waals surface area contributed by atoms with Crippen molar-refractivity contribution in [2.75, 3.05) is 6.54 Å². The summed E-state index contributed by atoms with van der Waals surface area (Å²) in [4.78, 5) is 4.45. The predicted octanol–water partition coefficient (Wildman–Crippen LogP) is 5.09. The van der Waals surface area contributed by atoms with E-state index in [9.17, 15) is 0 Å². The summed E-state index contributed by atoms with van der Waals surface area (Å²) in [6.45, 7) is 7.30. The molecule has 0 saturated heterocycles. The monoisotopic (exact) mass is 322 g/mol. The number of nitrogens with one attached hydrogen (secondary N) is 1. The molecule has 0 spiro atoms. The molecule has 2 aromatic rings. The van der Waals surface area contributed by atoms with Gasteiger partial charge in [0, 0.05) is 6.20 Å². The molecule has 1 N–H and O–H groups in total. The molecule has 2 rings (SSSR count). The maximum atomic E-state index is 6.36. The fourth-order valence-electron chi connectivity index (χ4n) is 2.37. The Morgan fingerprint density at radius 2 is 2.00 bits per heavy atom. The summed E-state index contributed by atoms with van der Waals surface area (Å²) in [6, 6.07) is 8.04. The van der Waals surface area contributed by atoms with Gasteiger partial charge in [-0.15, -0.1) is 0 Å². The third-order valence-electron chi connectivity index (χ3n) is 3.67. The molecular weight excluding hydrogens is 303 g/mol. The van der Waals surface area contributed by atoms with Crippen molar-refractivity contribution in [2.45, 2.75) is 33.2 Å². The highest BCUT2D eigenvalue weighted by Crippen LogP contribution is 2.31. The normalized spacial score (nSPS) is 12.4. The van der Waals surface area contributed by atoms with E-state index >= 15 is 0 Å². The summed E-state index contributed by atoms with van der Waals surface area (Å²) in [5.74, 6) is 0. The molecule has 21 heavy (non-hydrogen) atoms. The van der Waals surface area contributed by atoms with Crippen LogP contribution in [0.2, 0.25) is 10.0 Å². The van der Waals surface area contributed by atoms with Gasteiger partial charge in [0.25, 0.3) is 0 Å². The van der Waals surface area contributed by atoms with Crippen LogP contribution in [0.3, 0.4) is 0 Å². The average Bonchev–Trinajstić information content (AvgIpc) is 2.45. The highest BCUT2D eigenvalue weighted by molar-refractivity contribution is 6.34. The van der Waals surface area contributed by atoms with E-state index in [0.717, 1.165) is 18.7 Å². The molecule has 1 aromatic heterocycles. The van der Waals surface area contributed by atoms with Crippen molar-refractivity contribution in [2.24, 2.45) is 0 Å². The Labute approximate surface area is 136 Å². The minimum absolute atomic E-state index is 0.0189. The highest BCUT2D eigenvalue weighted by Gasteiger charge is 2.20. The SMILES string of the molecule is CCCNC(c1cccc(C)c1C)c1ncc(Cl)cc1Cl. The largest absolute Gasteiger partial charge is 0.305 e. The smallest absolute Gasteiger partial charge is 0.0805 e. The first-order valence-electron chi connectivity index (χ1n) is 7.15. The van der Waals surface area contributed by atoms with Crippen LogP contribution in [0.25, 0.3) is 0 Å². The van der Waals surface area contributed by atoms with Crippen molar-refractivity contribution in [3.05, 3.63) is 62.9 Å². The highest BCUT2D eigenvalue weighted by atomic mass is 35.5. The zero-order chi connectivity index (χ0) is 15.4. The Hall–Kier alpha value is -1.09.